The zero-order valence-electron chi connectivity index (χ0n) is 10.6. The number of hydrogen-bond acceptors (Lipinski definition) is 4. The average Bonchev–Trinajstić information content (AvgIpc) is 2.86. The number of unbranched alkanes of at least 4 members (excludes halogenated alkanes) is 1. The van der Waals surface area contributed by atoms with E-state index >= 15 is 0 Å². The van der Waals surface area contributed by atoms with Crippen LogP contribution in [0.2, 0.25) is 0 Å². The molecule has 4 heteroatoms. The third-order valence-electron chi connectivity index (χ3n) is 2.81. The summed E-state index contributed by atoms with van der Waals surface area (Å²) in [5, 5.41) is 16.6. The van der Waals surface area contributed by atoms with Crippen molar-refractivity contribution in [2.45, 2.75) is 32.6 Å². The van der Waals surface area contributed by atoms with Crippen molar-refractivity contribution in [2.24, 2.45) is 0 Å². The molecule has 2 aromatic rings. The fraction of sp³-hybridized carbons (Fsp3) is 0.429. The van der Waals surface area contributed by atoms with Crippen LogP contribution in [0.3, 0.4) is 0 Å². The first-order valence-corrected chi connectivity index (χ1v) is 6.36. The van der Waals surface area contributed by atoms with Crippen LogP contribution in [0, 0.1) is 0 Å². The van der Waals surface area contributed by atoms with Crippen molar-refractivity contribution in [2.75, 3.05) is 6.61 Å². The number of aromatic nitrogens is 2. The lowest BCUT2D eigenvalue weighted by atomic mass is 10.1. The van der Waals surface area contributed by atoms with E-state index in [9.17, 15) is 0 Å². The number of hydrogen-bond donors (Lipinski definition) is 1. The van der Waals surface area contributed by atoms with Gasteiger partial charge in [-0.25, -0.2) is 0 Å². The largest absolute Gasteiger partial charge is 0.421 e. The molecule has 1 aromatic heterocycles. The first-order valence-electron chi connectivity index (χ1n) is 6.36. The first kappa shape index (κ1) is 12.8. The van der Waals surface area contributed by atoms with Crippen molar-refractivity contribution in [3.05, 3.63) is 35.7 Å². The zero-order valence-corrected chi connectivity index (χ0v) is 10.6. The molecule has 2 rings (SSSR count). The van der Waals surface area contributed by atoms with Crippen molar-refractivity contribution in [3.8, 4) is 11.5 Å². The monoisotopic (exact) mass is 246 g/mol. The lowest BCUT2D eigenvalue weighted by Crippen LogP contribution is -1.89. The summed E-state index contributed by atoms with van der Waals surface area (Å²) < 4.78 is 5.45. The Balaban J connectivity index is 2.07. The normalized spacial score (nSPS) is 10.8. The van der Waals surface area contributed by atoms with Crippen molar-refractivity contribution < 1.29 is 9.52 Å². The highest BCUT2D eigenvalue weighted by molar-refractivity contribution is 5.52. The minimum atomic E-state index is 0.0254. The molecule has 0 radical (unpaired) electrons. The Hall–Kier alpha value is -1.68. The van der Waals surface area contributed by atoms with E-state index < -0.39 is 0 Å². The Kier molecular flexibility index (Phi) is 4.47. The van der Waals surface area contributed by atoms with Crippen molar-refractivity contribution in [1.82, 2.24) is 10.2 Å². The van der Waals surface area contributed by atoms with Crippen LogP contribution in [0.4, 0.5) is 0 Å². The highest BCUT2D eigenvalue weighted by atomic mass is 16.4. The molecule has 4 nitrogen and oxygen atoms in total. The average molecular weight is 246 g/mol. The molecular weight excluding hydrogens is 228 g/mol. The van der Waals surface area contributed by atoms with Crippen LogP contribution in [-0.4, -0.2) is 21.9 Å². The van der Waals surface area contributed by atoms with Gasteiger partial charge in [-0.15, -0.1) is 10.2 Å². The standard InChI is InChI=1S/C14H18N2O2/c1-2-3-4-11-5-7-12(8-6-11)14-16-15-13(18-14)9-10-17/h5-8,17H,2-4,9-10H2,1H3. The third kappa shape index (κ3) is 3.17. The molecule has 96 valence electrons. The minimum Gasteiger partial charge on any atom is -0.421 e. The van der Waals surface area contributed by atoms with Crippen LogP contribution in [0.25, 0.3) is 11.5 Å². The van der Waals surface area contributed by atoms with Crippen LogP contribution in [0.15, 0.2) is 28.7 Å². The molecule has 0 unspecified atom stereocenters. The quantitative estimate of drug-likeness (QED) is 0.851. The van der Waals surface area contributed by atoms with Gasteiger partial charge in [0, 0.05) is 12.0 Å². The second kappa shape index (κ2) is 6.31. The second-order valence-electron chi connectivity index (χ2n) is 4.28. The topological polar surface area (TPSA) is 59.2 Å². The fourth-order valence-electron chi connectivity index (χ4n) is 1.76. The summed E-state index contributed by atoms with van der Waals surface area (Å²) in [4.78, 5) is 0. The summed E-state index contributed by atoms with van der Waals surface area (Å²) in [5.41, 5.74) is 2.25. The van der Waals surface area contributed by atoms with E-state index in [-0.39, 0.29) is 6.61 Å². The second-order valence-corrected chi connectivity index (χ2v) is 4.28. The maximum Gasteiger partial charge on any atom is 0.247 e. The van der Waals surface area contributed by atoms with Gasteiger partial charge in [-0.2, -0.15) is 0 Å². The molecule has 18 heavy (non-hydrogen) atoms. The highest BCUT2D eigenvalue weighted by Crippen LogP contribution is 2.19. The maximum atomic E-state index is 8.79. The smallest absolute Gasteiger partial charge is 0.247 e. The fourth-order valence-corrected chi connectivity index (χ4v) is 1.76. The number of benzene rings is 1. The van der Waals surface area contributed by atoms with E-state index in [1.54, 1.807) is 0 Å². The van der Waals surface area contributed by atoms with Crippen molar-refractivity contribution in [1.29, 1.82) is 0 Å². The molecular formula is C14H18N2O2. The van der Waals surface area contributed by atoms with Gasteiger partial charge in [-0.05, 0) is 30.5 Å². The summed E-state index contributed by atoms with van der Waals surface area (Å²) in [6, 6.07) is 8.20. The molecule has 0 spiro atoms. The van der Waals surface area contributed by atoms with Crippen LogP contribution in [0.1, 0.15) is 31.2 Å². The molecule has 1 N–H and O–H groups in total. The molecule has 0 bridgehead atoms. The molecule has 0 aliphatic carbocycles. The molecule has 0 fully saturated rings. The lowest BCUT2D eigenvalue weighted by molar-refractivity contribution is 0.285. The SMILES string of the molecule is CCCCc1ccc(-c2nnc(CCO)o2)cc1. The van der Waals surface area contributed by atoms with Crippen LogP contribution < -0.4 is 0 Å². The Morgan fingerprint density at radius 1 is 1.11 bits per heavy atom. The molecule has 0 aliphatic rings. The van der Waals surface area contributed by atoms with Gasteiger partial charge in [0.25, 0.3) is 0 Å². The van der Waals surface area contributed by atoms with Crippen LogP contribution >= 0.6 is 0 Å². The molecule has 0 saturated carbocycles. The van der Waals surface area contributed by atoms with Gasteiger partial charge in [0.2, 0.25) is 11.8 Å². The zero-order chi connectivity index (χ0) is 12.8. The summed E-state index contributed by atoms with van der Waals surface area (Å²) >= 11 is 0. The molecule has 0 saturated heterocycles. The Bertz CT molecular complexity index is 477. The highest BCUT2D eigenvalue weighted by Gasteiger charge is 2.07. The summed E-state index contributed by atoms with van der Waals surface area (Å²) in [5.74, 6) is 0.989. The van der Waals surface area contributed by atoms with Gasteiger partial charge in [0.15, 0.2) is 0 Å². The third-order valence-corrected chi connectivity index (χ3v) is 2.81. The number of nitrogens with zero attached hydrogens (tertiary/aromatic N) is 2. The van der Waals surface area contributed by atoms with E-state index in [1.165, 1.54) is 18.4 Å². The lowest BCUT2D eigenvalue weighted by Gasteiger charge is -2.00. The van der Waals surface area contributed by atoms with Crippen LogP contribution in [0.5, 0.6) is 0 Å². The number of aliphatic hydroxyl groups excluding tert-OH is 1. The molecule has 1 aromatic carbocycles. The van der Waals surface area contributed by atoms with Gasteiger partial charge >= 0.3 is 0 Å². The van der Waals surface area contributed by atoms with E-state index in [0.29, 0.717) is 18.2 Å². The maximum absolute atomic E-state index is 8.79. The Labute approximate surface area is 107 Å². The van der Waals surface area contributed by atoms with Gasteiger partial charge in [0.05, 0.1) is 6.61 Å². The molecule has 1 heterocycles. The summed E-state index contributed by atoms with van der Waals surface area (Å²) in [6.07, 6.45) is 3.93. The Morgan fingerprint density at radius 3 is 2.56 bits per heavy atom. The van der Waals surface area contributed by atoms with E-state index in [4.69, 9.17) is 9.52 Å². The first-order chi connectivity index (χ1) is 8.83. The van der Waals surface area contributed by atoms with E-state index in [0.717, 1.165) is 12.0 Å². The van der Waals surface area contributed by atoms with Gasteiger partial charge < -0.3 is 9.52 Å². The molecule has 0 atom stereocenters. The van der Waals surface area contributed by atoms with Crippen LogP contribution in [-0.2, 0) is 12.8 Å². The van der Waals surface area contributed by atoms with E-state index in [1.807, 2.05) is 12.1 Å². The van der Waals surface area contributed by atoms with E-state index in [2.05, 4.69) is 29.3 Å². The molecule has 0 amide bonds. The van der Waals surface area contributed by atoms with Crippen molar-refractivity contribution in [3.63, 3.8) is 0 Å². The molecule has 0 aliphatic heterocycles. The van der Waals surface area contributed by atoms with Crippen molar-refractivity contribution >= 4 is 0 Å². The predicted molar refractivity (Wildman–Crippen MR) is 69.1 cm³/mol. The Morgan fingerprint density at radius 2 is 1.89 bits per heavy atom. The number of rotatable bonds is 6. The van der Waals surface area contributed by atoms with Gasteiger partial charge in [0.1, 0.15) is 0 Å². The number of aliphatic hydroxyl groups is 1. The van der Waals surface area contributed by atoms with Gasteiger partial charge in [-0.1, -0.05) is 25.5 Å². The summed E-state index contributed by atoms with van der Waals surface area (Å²) in [7, 11) is 0. The summed E-state index contributed by atoms with van der Waals surface area (Å²) in [6.45, 7) is 2.22. The van der Waals surface area contributed by atoms with Gasteiger partial charge in [-0.3, -0.25) is 0 Å². The predicted octanol–water partition coefficient (Wildman–Crippen LogP) is 2.61. The number of aryl methyl sites for hydroxylation is 1. The minimum absolute atomic E-state index is 0.0254.